The first-order valence-electron chi connectivity index (χ1n) is 22.6. The number of fused-ring (bicyclic) bond motifs is 1. The average molecular weight is 844 g/mol. The van der Waals surface area contributed by atoms with Crippen LogP contribution in [0.15, 0.2) is 249 Å². The Balaban J connectivity index is 0.946. The number of rotatable bonds is 11. The van der Waals surface area contributed by atoms with Gasteiger partial charge in [0.1, 0.15) is 0 Å². The van der Waals surface area contributed by atoms with Crippen LogP contribution >= 0.6 is 0 Å². The Morgan fingerprint density at radius 2 is 0.682 bits per heavy atom. The number of hydrogen-bond donors (Lipinski definition) is 0. The van der Waals surface area contributed by atoms with E-state index in [4.69, 9.17) is 4.98 Å². The summed E-state index contributed by atoms with van der Waals surface area (Å²) in [6.07, 6.45) is 5.47. The van der Waals surface area contributed by atoms with Crippen molar-refractivity contribution in [3.63, 3.8) is 0 Å². The lowest BCUT2D eigenvalue weighted by molar-refractivity contribution is 0.961. The minimum atomic E-state index is 0.883. The van der Waals surface area contributed by atoms with Crippen molar-refractivity contribution in [2.24, 2.45) is 0 Å². The first kappa shape index (κ1) is 40.3. The van der Waals surface area contributed by atoms with Crippen molar-refractivity contribution in [2.75, 3.05) is 0 Å². The monoisotopic (exact) mass is 843 g/mol. The van der Waals surface area contributed by atoms with E-state index >= 15 is 0 Å². The predicted molar refractivity (Wildman–Crippen MR) is 275 cm³/mol. The highest BCUT2D eigenvalue weighted by Gasteiger charge is 2.15. The molecule has 8 aromatic carbocycles. The molecule has 0 N–H and O–H groups in total. The molecule has 0 fully saturated rings. The van der Waals surface area contributed by atoms with Crippen molar-refractivity contribution < 1.29 is 0 Å². The van der Waals surface area contributed by atoms with Crippen LogP contribution in [0.1, 0.15) is 11.1 Å². The van der Waals surface area contributed by atoms with E-state index in [1.807, 2.05) is 36.7 Å². The molecule has 0 radical (unpaired) electrons. The zero-order valence-electron chi connectivity index (χ0n) is 36.4. The van der Waals surface area contributed by atoms with Gasteiger partial charge in [0.15, 0.2) is 0 Å². The number of benzene rings is 8. The lowest BCUT2D eigenvalue weighted by atomic mass is 9.87. The molecule has 0 aliphatic heterocycles. The number of para-hydroxylation sites is 1. The molecule has 0 aliphatic carbocycles. The van der Waals surface area contributed by atoms with Crippen molar-refractivity contribution in [1.82, 2.24) is 15.0 Å². The molecule has 11 rings (SSSR count). The molecule has 0 saturated heterocycles. The number of aromatic nitrogens is 3. The fourth-order valence-corrected chi connectivity index (χ4v) is 9.14. The summed E-state index contributed by atoms with van der Waals surface area (Å²) in [7, 11) is 0. The molecule has 3 heteroatoms. The summed E-state index contributed by atoms with van der Waals surface area (Å²) in [5.74, 6) is 0. The molecule has 312 valence electrons. The highest BCUT2D eigenvalue weighted by Crippen LogP contribution is 2.40. The van der Waals surface area contributed by atoms with E-state index in [1.165, 1.54) is 66.8 Å². The predicted octanol–water partition coefficient (Wildman–Crippen LogP) is 16.1. The highest BCUT2D eigenvalue weighted by atomic mass is 14.7. The van der Waals surface area contributed by atoms with E-state index in [9.17, 15) is 0 Å². The first-order valence-corrected chi connectivity index (χ1v) is 22.6. The van der Waals surface area contributed by atoms with Gasteiger partial charge in [-0.2, -0.15) is 0 Å². The molecule has 0 spiro atoms. The molecule has 3 heterocycles. The van der Waals surface area contributed by atoms with Gasteiger partial charge >= 0.3 is 0 Å². The van der Waals surface area contributed by atoms with Gasteiger partial charge in [-0.25, -0.2) is 4.98 Å². The van der Waals surface area contributed by atoms with E-state index in [0.29, 0.717) is 0 Å². The first-order chi connectivity index (χ1) is 32.7. The van der Waals surface area contributed by atoms with Gasteiger partial charge in [-0.15, -0.1) is 0 Å². The summed E-state index contributed by atoms with van der Waals surface area (Å²) in [5, 5.41) is 1.16. The molecule has 0 atom stereocenters. The van der Waals surface area contributed by atoms with E-state index in [2.05, 4.69) is 222 Å². The number of nitrogens with zero attached hydrogens (tertiary/aromatic N) is 3. The maximum Gasteiger partial charge on any atom is 0.0715 e. The molecular formula is C63H45N3. The van der Waals surface area contributed by atoms with Crippen LogP contribution in [0.2, 0.25) is 0 Å². The third-order valence-electron chi connectivity index (χ3n) is 12.5. The van der Waals surface area contributed by atoms with Crippen LogP contribution < -0.4 is 0 Å². The van der Waals surface area contributed by atoms with Crippen LogP contribution in [0, 0.1) is 0 Å². The third-order valence-corrected chi connectivity index (χ3v) is 12.5. The van der Waals surface area contributed by atoms with E-state index in [-0.39, 0.29) is 0 Å². The fourth-order valence-electron chi connectivity index (χ4n) is 9.14. The molecule has 0 bridgehead atoms. The van der Waals surface area contributed by atoms with Crippen LogP contribution in [-0.2, 0) is 12.8 Å². The lowest BCUT2D eigenvalue weighted by Gasteiger charge is -2.17. The number of hydrogen-bond acceptors (Lipinski definition) is 3. The average Bonchev–Trinajstić information content (AvgIpc) is 3.41. The van der Waals surface area contributed by atoms with Crippen molar-refractivity contribution in [3.8, 4) is 89.4 Å². The Morgan fingerprint density at radius 3 is 1.23 bits per heavy atom. The molecule has 0 saturated carbocycles. The van der Waals surface area contributed by atoms with Gasteiger partial charge in [0.2, 0.25) is 0 Å². The van der Waals surface area contributed by atoms with Crippen molar-refractivity contribution in [1.29, 1.82) is 0 Å². The van der Waals surface area contributed by atoms with Gasteiger partial charge in [-0.05, 0) is 122 Å². The second-order valence-corrected chi connectivity index (χ2v) is 16.7. The van der Waals surface area contributed by atoms with E-state index in [0.717, 1.165) is 57.5 Å². The van der Waals surface area contributed by atoms with Crippen molar-refractivity contribution >= 4 is 10.9 Å². The zero-order valence-corrected chi connectivity index (χ0v) is 36.4. The summed E-state index contributed by atoms with van der Waals surface area (Å²) < 4.78 is 0. The smallest absolute Gasteiger partial charge is 0.0715 e. The molecular weight excluding hydrogens is 799 g/mol. The number of aryl methyl sites for hydroxylation is 2. The Hall–Kier alpha value is -8.53. The Morgan fingerprint density at radius 1 is 0.258 bits per heavy atom. The summed E-state index contributed by atoms with van der Waals surface area (Å²) >= 11 is 0. The SMILES string of the molecule is c1ccc(-c2cc(-c3ccc(CCc4cc(-c5ccccc5-c5ccc(-c6ccccn6)cc5)cc(-c5ccccc5-c5ccc(-c6ccccn6)cc5)c4)cc3)nc3ccccc23)cc1. The summed E-state index contributed by atoms with van der Waals surface area (Å²) in [4.78, 5) is 14.3. The maximum atomic E-state index is 5.12. The van der Waals surface area contributed by atoms with Gasteiger partial charge in [0, 0.05) is 34.5 Å². The van der Waals surface area contributed by atoms with Crippen LogP contribution in [0.4, 0.5) is 0 Å². The standard InChI is InChI=1S/C63H45N3/c1-2-14-46(15-3-1)59-43-63(66-62-23-9-8-20-58(59)62)51-28-26-44(27-29-51)24-25-45-40-52(56-18-6-4-16-54(56)47-30-34-49(35-31-47)60-21-10-12-38-64-60)42-53(41-45)57-19-7-5-17-55(57)48-32-36-50(37-33-48)61-22-11-13-39-65-61/h1-23,26-43H,24-25H2. The summed E-state index contributed by atoms with van der Waals surface area (Å²) in [6.45, 7) is 0. The quantitative estimate of drug-likeness (QED) is 0.130. The third kappa shape index (κ3) is 8.46. The van der Waals surface area contributed by atoms with Gasteiger partial charge in [-0.3, -0.25) is 9.97 Å². The second-order valence-electron chi connectivity index (χ2n) is 16.7. The molecule has 66 heavy (non-hydrogen) atoms. The van der Waals surface area contributed by atoms with Crippen molar-refractivity contribution in [2.45, 2.75) is 12.8 Å². The van der Waals surface area contributed by atoms with Crippen LogP contribution in [0.25, 0.3) is 100 Å². The topological polar surface area (TPSA) is 38.7 Å². The normalized spacial score (nSPS) is 11.2. The molecule has 3 nitrogen and oxygen atoms in total. The summed E-state index contributed by atoms with van der Waals surface area (Å²) in [6, 6.07) is 84.7. The van der Waals surface area contributed by atoms with E-state index in [1.54, 1.807) is 0 Å². The van der Waals surface area contributed by atoms with Crippen LogP contribution in [0.5, 0.6) is 0 Å². The van der Waals surface area contributed by atoms with Gasteiger partial charge in [0.05, 0.1) is 22.6 Å². The van der Waals surface area contributed by atoms with Gasteiger partial charge in [-0.1, -0.05) is 194 Å². The Labute approximate surface area is 386 Å². The molecule has 0 unspecified atom stereocenters. The highest BCUT2D eigenvalue weighted by molar-refractivity contribution is 5.97. The van der Waals surface area contributed by atoms with E-state index < -0.39 is 0 Å². The van der Waals surface area contributed by atoms with Crippen LogP contribution in [0.3, 0.4) is 0 Å². The molecule has 0 amide bonds. The maximum absolute atomic E-state index is 5.12. The number of pyridine rings is 3. The lowest BCUT2D eigenvalue weighted by Crippen LogP contribution is -1.96. The van der Waals surface area contributed by atoms with Crippen molar-refractivity contribution in [3.05, 3.63) is 260 Å². The zero-order chi connectivity index (χ0) is 44.1. The summed E-state index contributed by atoms with van der Waals surface area (Å²) in [5.41, 5.74) is 21.7. The Kier molecular flexibility index (Phi) is 11.2. The molecule has 3 aromatic heterocycles. The van der Waals surface area contributed by atoms with Crippen LogP contribution in [-0.4, -0.2) is 15.0 Å². The minimum absolute atomic E-state index is 0.883. The minimum Gasteiger partial charge on any atom is -0.256 e. The molecule has 11 aromatic rings. The fraction of sp³-hybridized carbons (Fsp3) is 0.0317. The Bertz CT molecular complexity index is 3270. The van der Waals surface area contributed by atoms with Gasteiger partial charge in [0.25, 0.3) is 0 Å². The molecule has 0 aliphatic rings. The second kappa shape index (κ2) is 18.3. The largest absolute Gasteiger partial charge is 0.256 e. The van der Waals surface area contributed by atoms with Gasteiger partial charge < -0.3 is 0 Å².